The first kappa shape index (κ1) is 10.3. The Morgan fingerprint density at radius 2 is 2.00 bits per heavy atom. The van der Waals surface area contributed by atoms with Crippen LogP contribution in [0.5, 0.6) is 0 Å². The lowest BCUT2D eigenvalue weighted by molar-refractivity contribution is -0.121. The second kappa shape index (κ2) is 4.42. The zero-order valence-corrected chi connectivity index (χ0v) is 9.04. The van der Waals surface area contributed by atoms with E-state index in [1.807, 2.05) is 31.2 Å². The molecule has 0 spiro atoms. The number of nitrogens with two attached hydrogens (primary N) is 1. The number of carbonyl (C=O) groups excluding carboxylic acids is 1. The Labute approximate surface area is 86.3 Å². The molecule has 0 unspecified atom stereocenters. The molecule has 0 heterocycles. The van der Waals surface area contributed by atoms with Gasteiger partial charge in [0.05, 0.1) is 0 Å². The molecule has 0 saturated heterocycles. The highest BCUT2D eigenvalue weighted by Crippen LogP contribution is 2.13. The van der Waals surface area contributed by atoms with Gasteiger partial charge in [0.2, 0.25) is 5.91 Å². The van der Waals surface area contributed by atoms with Crippen molar-refractivity contribution in [3.63, 3.8) is 0 Å². The van der Waals surface area contributed by atoms with Crippen molar-refractivity contribution < 1.29 is 4.79 Å². The Hall–Kier alpha value is -0.830. The second-order valence-electron chi connectivity index (χ2n) is 3.13. The van der Waals surface area contributed by atoms with E-state index in [-0.39, 0.29) is 11.8 Å². The minimum atomic E-state index is -0.247. The first-order valence-electron chi connectivity index (χ1n) is 4.13. The molecule has 70 valence electrons. The standard InChI is InChI=1S/C10H12BrNO/c1-7(10(12)13)6-8-2-4-9(11)5-3-8/h2-5,7H,6H2,1H3,(H2,12,13)/t7-/m0/s1. The van der Waals surface area contributed by atoms with Crippen LogP contribution in [0, 0.1) is 5.92 Å². The number of hydrogen-bond donors (Lipinski definition) is 1. The zero-order valence-electron chi connectivity index (χ0n) is 7.46. The largest absolute Gasteiger partial charge is 0.369 e. The molecule has 0 aliphatic rings. The van der Waals surface area contributed by atoms with Crippen LogP contribution in [-0.2, 0) is 11.2 Å². The van der Waals surface area contributed by atoms with Crippen LogP contribution < -0.4 is 5.73 Å². The molecule has 2 N–H and O–H groups in total. The van der Waals surface area contributed by atoms with Crippen molar-refractivity contribution in [2.24, 2.45) is 11.7 Å². The lowest BCUT2D eigenvalue weighted by atomic mass is 10.0. The van der Waals surface area contributed by atoms with Gasteiger partial charge in [-0.05, 0) is 24.1 Å². The summed E-state index contributed by atoms with van der Waals surface area (Å²) in [5.41, 5.74) is 6.30. The van der Waals surface area contributed by atoms with E-state index in [2.05, 4.69) is 15.9 Å². The first-order chi connectivity index (χ1) is 6.09. The van der Waals surface area contributed by atoms with E-state index < -0.39 is 0 Å². The minimum absolute atomic E-state index is 0.0961. The monoisotopic (exact) mass is 241 g/mol. The van der Waals surface area contributed by atoms with Crippen LogP contribution in [0.1, 0.15) is 12.5 Å². The summed E-state index contributed by atoms with van der Waals surface area (Å²) >= 11 is 3.35. The van der Waals surface area contributed by atoms with Gasteiger partial charge in [-0.1, -0.05) is 35.0 Å². The van der Waals surface area contributed by atoms with Crippen LogP contribution in [0.4, 0.5) is 0 Å². The third-order valence-corrected chi connectivity index (χ3v) is 2.47. The van der Waals surface area contributed by atoms with Crippen LogP contribution in [-0.4, -0.2) is 5.91 Å². The van der Waals surface area contributed by atoms with E-state index in [1.165, 1.54) is 0 Å². The molecule has 0 fully saturated rings. The zero-order chi connectivity index (χ0) is 9.84. The highest BCUT2D eigenvalue weighted by molar-refractivity contribution is 9.10. The maximum absolute atomic E-state index is 10.8. The number of carbonyl (C=O) groups is 1. The molecule has 0 bridgehead atoms. The molecule has 0 aromatic heterocycles. The van der Waals surface area contributed by atoms with Gasteiger partial charge in [-0.15, -0.1) is 0 Å². The molecule has 1 rings (SSSR count). The Bertz CT molecular complexity index is 294. The molecule has 13 heavy (non-hydrogen) atoms. The van der Waals surface area contributed by atoms with Gasteiger partial charge < -0.3 is 5.73 Å². The summed E-state index contributed by atoms with van der Waals surface area (Å²) in [6, 6.07) is 7.90. The highest BCUT2D eigenvalue weighted by Gasteiger charge is 2.08. The molecule has 0 aliphatic carbocycles. The summed E-state index contributed by atoms with van der Waals surface area (Å²) in [4.78, 5) is 10.8. The summed E-state index contributed by atoms with van der Waals surface area (Å²) in [5, 5.41) is 0. The van der Waals surface area contributed by atoms with Crippen molar-refractivity contribution >= 4 is 21.8 Å². The number of benzene rings is 1. The van der Waals surface area contributed by atoms with E-state index in [9.17, 15) is 4.79 Å². The lowest BCUT2D eigenvalue weighted by Gasteiger charge is -2.06. The topological polar surface area (TPSA) is 43.1 Å². The minimum Gasteiger partial charge on any atom is -0.369 e. The van der Waals surface area contributed by atoms with Gasteiger partial charge in [0.25, 0.3) is 0 Å². The number of rotatable bonds is 3. The highest BCUT2D eigenvalue weighted by atomic mass is 79.9. The van der Waals surface area contributed by atoms with Crippen molar-refractivity contribution in [2.75, 3.05) is 0 Å². The summed E-state index contributed by atoms with van der Waals surface area (Å²) in [6.07, 6.45) is 0.711. The molecule has 1 amide bonds. The number of amides is 1. The molecule has 1 aromatic rings. The van der Waals surface area contributed by atoms with Crippen LogP contribution in [0.3, 0.4) is 0 Å². The normalized spacial score (nSPS) is 12.5. The third kappa shape index (κ3) is 3.19. The van der Waals surface area contributed by atoms with Gasteiger partial charge in [0.1, 0.15) is 0 Å². The predicted octanol–water partition coefficient (Wildman–Crippen LogP) is 2.11. The summed E-state index contributed by atoms with van der Waals surface area (Å²) in [7, 11) is 0. The van der Waals surface area contributed by atoms with Crippen LogP contribution in [0.15, 0.2) is 28.7 Å². The van der Waals surface area contributed by atoms with E-state index in [0.717, 1.165) is 10.0 Å². The summed E-state index contributed by atoms with van der Waals surface area (Å²) in [5.74, 6) is -0.343. The molecule has 2 nitrogen and oxygen atoms in total. The van der Waals surface area contributed by atoms with E-state index >= 15 is 0 Å². The van der Waals surface area contributed by atoms with E-state index in [4.69, 9.17) is 5.73 Å². The Morgan fingerprint density at radius 3 is 2.46 bits per heavy atom. The number of primary amides is 1. The molecule has 0 aliphatic heterocycles. The number of halogens is 1. The van der Waals surface area contributed by atoms with Gasteiger partial charge in [-0.3, -0.25) is 4.79 Å². The van der Waals surface area contributed by atoms with Gasteiger partial charge in [-0.25, -0.2) is 0 Å². The average molecular weight is 242 g/mol. The summed E-state index contributed by atoms with van der Waals surface area (Å²) < 4.78 is 1.04. The Balaban J connectivity index is 2.64. The van der Waals surface area contributed by atoms with Crippen LogP contribution in [0.2, 0.25) is 0 Å². The van der Waals surface area contributed by atoms with Gasteiger partial charge in [0.15, 0.2) is 0 Å². The second-order valence-corrected chi connectivity index (χ2v) is 4.05. The smallest absolute Gasteiger partial charge is 0.220 e. The fourth-order valence-corrected chi connectivity index (χ4v) is 1.34. The lowest BCUT2D eigenvalue weighted by Crippen LogP contribution is -2.22. The molecule has 0 saturated carbocycles. The van der Waals surface area contributed by atoms with E-state index in [0.29, 0.717) is 6.42 Å². The van der Waals surface area contributed by atoms with Crippen molar-refractivity contribution in [1.82, 2.24) is 0 Å². The molecular weight excluding hydrogens is 230 g/mol. The SMILES string of the molecule is C[C@@H](Cc1ccc(Br)cc1)C(N)=O. The summed E-state index contributed by atoms with van der Waals surface area (Å²) in [6.45, 7) is 1.84. The Kier molecular flexibility index (Phi) is 3.48. The number of hydrogen-bond acceptors (Lipinski definition) is 1. The van der Waals surface area contributed by atoms with Crippen molar-refractivity contribution in [1.29, 1.82) is 0 Å². The van der Waals surface area contributed by atoms with Gasteiger partial charge in [0, 0.05) is 10.4 Å². The third-order valence-electron chi connectivity index (χ3n) is 1.94. The van der Waals surface area contributed by atoms with Crippen molar-refractivity contribution in [2.45, 2.75) is 13.3 Å². The molecular formula is C10H12BrNO. The van der Waals surface area contributed by atoms with Crippen molar-refractivity contribution in [3.05, 3.63) is 34.3 Å². The van der Waals surface area contributed by atoms with Gasteiger partial charge >= 0.3 is 0 Å². The molecule has 1 aromatic carbocycles. The van der Waals surface area contributed by atoms with E-state index in [1.54, 1.807) is 0 Å². The fraction of sp³-hybridized carbons (Fsp3) is 0.300. The van der Waals surface area contributed by atoms with Crippen LogP contribution >= 0.6 is 15.9 Å². The average Bonchev–Trinajstić information content (AvgIpc) is 2.08. The molecule has 0 radical (unpaired) electrons. The molecule has 1 atom stereocenters. The molecule has 3 heteroatoms. The Morgan fingerprint density at radius 1 is 1.46 bits per heavy atom. The maximum Gasteiger partial charge on any atom is 0.220 e. The maximum atomic E-state index is 10.8. The fourth-order valence-electron chi connectivity index (χ4n) is 1.07. The van der Waals surface area contributed by atoms with Crippen molar-refractivity contribution in [3.8, 4) is 0 Å². The van der Waals surface area contributed by atoms with Gasteiger partial charge in [-0.2, -0.15) is 0 Å². The predicted molar refractivity (Wildman–Crippen MR) is 56.2 cm³/mol. The first-order valence-corrected chi connectivity index (χ1v) is 4.92. The van der Waals surface area contributed by atoms with Crippen LogP contribution in [0.25, 0.3) is 0 Å². The quantitative estimate of drug-likeness (QED) is 0.866.